The predicted octanol–water partition coefficient (Wildman–Crippen LogP) is 4.99. The van der Waals surface area contributed by atoms with E-state index >= 15 is 0 Å². The molecule has 0 bridgehead atoms. The molecule has 2 nitrogen and oxygen atoms in total. The Morgan fingerprint density at radius 2 is 2.17 bits per heavy atom. The van der Waals surface area contributed by atoms with Crippen molar-refractivity contribution in [3.05, 3.63) is 44.6 Å². The number of alkyl halides is 1. The zero-order valence-electron chi connectivity index (χ0n) is 9.78. The van der Waals surface area contributed by atoms with Crippen molar-refractivity contribution in [2.75, 3.05) is 7.11 Å². The molecule has 96 valence electrons. The second kappa shape index (κ2) is 6.59. The molecule has 0 unspecified atom stereocenters. The minimum atomic E-state index is 0.552. The molecule has 5 heteroatoms. The van der Waals surface area contributed by atoms with Crippen LogP contribution in [-0.2, 0) is 11.9 Å². The fourth-order valence-corrected chi connectivity index (χ4v) is 3.37. The van der Waals surface area contributed by atoms with Gasteiger partial charge in [0, 0.05) is 25.6 Å². The maximum atomic E-state index is 5.88. The molecule has 1 aromatic carbocycles. The maximum absolute atomic E-state index is 5.88. The average molecular weight is 392 g/mol. The molecule has 0 aliphatic rings. The van der Waals surface area contributed by atoms with E-state index in [9.17, 15) is 0 Å². The lowest BCUT2D eigenvalue weighted by Gasteiger charge is -2.13. The van der Waals surface area contributed by atoms with E-state index in [1.165, 1.54) is 4.88 Å². The lowest BCUT2D eigenvalue weighted by atomic mass is 10.2. The van der Waals surface area contributed by atoms with Gasteiger partial charge in [0.05, 0.1) is 7.11 Å². The number of para-hydroxylation sites is 1. The van der Waals surface area contributed by atoms with Gasteiger partial charge in [-0.2, -0.15) is 0 Å². The van der Waals surface area contributed by atoms with Gasteiger partial charge in [0.15, 0.2) is 11.5 Å². The third-order valence-corrected chi connectivity index (χ3v) is 4.68. The van der Waals surface area contributed by atoms with Crippen LogP contribution in [-0.4, -0.2) is 7.11 Å². The number of hydrogen-bond donors (Lipinski definition) is 0. The van der Waals surface area contributed by atoms with Gasteiger partial charge in [-0.1, -0.05) is 28.1 Å². The van der Waals surface area contributed by atoms with Gasteiger partial charge in [-0.15, -0.1) is 11.3 Å². The van der Waals surface area contributed by atoms with Gasteiger partial charge in [-0.25, -0.2) is 0 Å². The first-order chi connectivity index (χ1) is 8.74. The molecule has 0 saturated carbocycles. The van der Waals surface area contributed by atoms with E-state index in [0.717, 1.165) is 26.9 Å². The lowest BCUT2D eigenvalue weighted by Crippen LogP contribution is -1.99. The number of ether oxygens (including phenoxy) is 2. The summed E-state index contributed by atoms with van der Waals surface area (Å²) in [7, 11) is 1.65. The highest BCUT2D eigenvalue weighted by molar-refractivity contribution is 9.10. The van der Waals surface area contributed by atoms with Crippen LogP contribution in [0.4, 0.5) is 0 Å². The number of benzene rings is 1. The fraction of sp³-hybridized carbons (Fsp3) is 0.231. The predicted molar refractivity (Wildman–Crippen MR) is 82.0 cm³/mol. The molecule has 18 heavy (non-hydrogen) atoms. The normalized spacial score (nSPS) is 10.4. The van der Waals surface area contributed by atoms with Crippen LogP contribution < -0.4 is 9.47 Å². The highest BCUT2D eigenvalue weighted by Crippen LogP contribution is 2.33. The van der Waals surface area contributed by atoms with E-state index in [1.54, 1.807) is 18.4 Å². The zero-order chi connectivity index (χ0) is 13.0. The monoisotopic (exact) mass is 390 g/mol. The van der Waals surface area contributed by atoms with Crippen molar-refractivity contribution < 1.29 is 9.47 Å². The number of rotatable bonds is 5. The Balaban J connectivity index is 2.17. The van der Waals surface area contributed by atoms with Crippen LogP contribution in [0.15, 0.2) is 34.1 Å². The minimum absolute atomic E-state index is 0.552. The molecule has 0 aliphatic carbocycles. The van der Waals surface area contributed by atoms with Crippen LogP contribution in [0, 0.1) is 0 Å². The van der Waals surface area contributed by atoms with Crippen LogP contribution >= 0.6 is 43.2 Å². The Morgan fingerprint density at radius 1 is 1.33 bits per heavy atom. The third kappa shape index (κ3) is 3.28. The highest BCUT2D eigenvalue weighted by Gasteiger charge is 2.10. The van der Waals surface area contributed by atoms with Gasteiger partial charge in [0.25, 0.3) is 0 Å². The molecular formula is C13H12Br2O2S. The summed E-state index contributed by atoms with van der Waals surface area (Å²) in [6, 6.07) is 7.96. The van der Waals surface area contributed by atoms with Crippen LogP contribution in [0.2, 0.25) is 0 Å². The molecule has 1 heterocycles. The van der Waals surface area contributed by atoms with E-state index in [1.807, 2.05) is 23.6 Å². The first kappa shape index (κ1) is 13.9. The van der Waals surface area contributed by atoms with E-state index in [-0.39, 0.29) is 0 Å². The van der Waals surface area contributed by atoms with Crippen molar-refractivity contribution in [3.63, 3.8) is 0 Å². The van der Waals surface area contributed by atoms with E-state index < -0.39 is 0 Å². The average Bonchev–Trinajstić information content (AvgIpc) is 2.81. The second-order valence-electron chi connectivity index (χ2n) is 3.60. The molecule has 0 aliphatic heterocycles. The molecule has 0 spiro atoms. The van der Waals surface area contributed by atoms with Crippen LogP contribution in [0.5, 0.6) is 11.5 Å². The van der Waals surface area contributed by atoms with E-state index in [2.05, 4.69) is 37.9 Å². The van der Waals surface area contributed by atoms with Gasteiger partial charge in [0.1, 0.15) is 6.61 Å². The standard InChI is InChI=1S/C13H12Br2O2S/c1-16-12-4-2-3-9(6-14)13(12)17-7-11-5-10(15)8-18-11/h2-5,8H,6-7H2,1H3. The molecule has 2 rings (SSSR count). The van der Waals surface area contributed by atoms with E-state index in [4.69, 9.17) is 9.47 Å². The van der Waals surface area contributed by atoms with Gasteiger partial charge in [-0.05, 0) is 28.1 Å². The molecule has 0 saturated heterocycles. The SMILES string of the molecule is COc1cccc(CBr)c1OCc1cc(Br)cs1. The number of hydrogen-bond acceptors (Lipinski definition) is 3. The molecule has 2 aromatic rings. The van der Waals surface area contributed by atoms with Gasteiger partial charge in [-0.3, -0.25) is 0 Å². The van der Waals surface area contributed by atoms with Crippen molar-refractivity contribution in [3.8, 4) is 11.5 Å². The molecule has 1 aromatic heterocycles. The summed E-state index contributed by atoms with van der Waals surface area (Å²) in [6.45, 7) is 0.552. The number of halogens is 2. The largest absolute Gasteiger partial charge is 0.493 e. The summed E-state index contributed by atoms with van der Waals surface area (Å²) in [5.74, 6) is 1.57. The van der Waals surface area contributed by atoms with Crippen LogP contribution in [0.3, 0.4) is 0 Å². The lowest BCUT2D eigenvalue weighted by molar-refractivity contribution is 0.285. The van der Waals surface area contributed by atoms with Crippen molar-refractivity contribution in [2.24, 2.45) is 0 Å². The number of thiophene rings is 1. The Labute approximate surface area is 127 Å². The topological polar surface area (TPSA) is 18.5 Å². The van der Waals surface area contributed by atoms with Crippen LogP contribution in [0.25, 0.3) is 0 Å². The first-order valence-corrected chi connectivity index (χ1v) is 8.11. The third-order valence-electron chi connectivity index (χ3n) is 2.40. The van der Waals surface area contributed by atoms with Gasteiger partial charge in [0.2, 0.25) is 0 Å². The first-order valence-electron chi connectivity index (χ1n) is 5.32. The zero-order valence-corrected chi connectivity index (χ0v) is 13.8. The summed E-state index contributed by atoms with van der Waals surface area (Å²) in [4.78, 5) is 1.17. The molecule has 0 radical (unpaired) electrons. The fourth-order valence-electron chi connectivity index (χ4n) is 1.56. The Morgan fingerprint density at radius 3 is 2.78 bits per heavy atom. The molecule has 0 N–H and O–H groups in total. The molecule has 0 fully saturated rings. The van der Waals surface area contributed by atoms with Crippen LogP contribution in [0.1, 0.15) is 10.4 Å². The molecule has 0 atom stereocenters. The number of methoxy groups -OCH3 is 1. The summed E-state index contributed by atoms with van der Waals surface area (Å²) in [5, 5.41) is 2.79. The smallest absolute Gasteiger partial charge is 0.165 e. The Hall–Kier alpha value is -0.520. The highest BCUT2D eigenvalue weighted by atomic mass is 79.9. The van der Waals surface area contributed by atoms with Crippen molar-refractivity contribution in [1.29, 1.82) is 0 Å². The van der Waals surface area contributed by atoms with Gasteiger partial charge >= 0.3 is 0 Å². The van der Waals surface area contributed by atoms with Crippen molar-refractivity contribution in [2.45, 2.75) is 11.9 Å². The van der Waals surface area contributed by atoms with Crippen molar-refractivity contribution in [1.82, 2.24) is 0 Å². The quantitative estimate of drug-likeness (QED) is 0.668. The maximum Gasteiger partial charge on any atom is 0.165 e. The summed E-state index contributed by atoms with van der Waals surface area (Å²) in [5.41, 5.74) is 1.09. The molecule has 0 amide bonds. The molecular weight excluding hydrogens is 380 g/mol. The minimum Gasteiger partial charge on any atom is -0.493 e. The summed E-state index contributed by atoms with van der Waals surface area (Å²) < 4.78 is 12.3. The second-order valence-corrected chi connectivity index (χ2v) is 6.07. The Bertz CT molecular complexity index is 503. The summed E-state index contributed by atoms with van der Waals surface area (Å²) >= 11 is 8.57. The van der Waals surface area contributed by atoms with Crippen molar-refractivity contribution >= 4 is 43.2 Å². The van der Waals surface area contributed by atoms with Gasteiger partial charge < -0.3 is 9.47 Å². The Kier molecular flexibility index (Phi) is 5.09. The summed E-state index contributed by atoms with van der Waals surface area (Å²) in [6.07, 6.45) is 0. The van der Waals surface area contributed by atoms with E-state index in [0.29, 0.717) is 6.61 Å².